The molecule has 1 heterocycles. The van der Waals surface area contributed by atoms with E-state index in [4.69, 9.17) is 0 Å². The topological polar surface area (TPSA) is 42.0 Å². The fourth-order valence-corrected chi connectivity index (χ4v) is 2.18. The molecule has 0 saturated carbocycles. The van der Waals surface area contributed by atoms with Gasteiger partial charge >= 0.3 is 0 Å². The molecule has 0 aliphatic rings. The summed E-state index contributed by atoms with van der Waals surface area (Å²) in [5.74, 6) is -1.69. The normalized spacial score (nSPS) is 10.4. The molecule has 0 spiro atoms. The van der Waals surface area contributed by atoms with E-state index in [1.165, 1.54) is 11.3 Å². The summed E-state index contributed by atoms with van der Waals surface area (Å²) in [7, 11) is 0. The fraction of sp³-hybridized carbons (Fsp3) is 0.167. The molecule has 0 fully saturated rings. The van der Waals surface area contributed by atoms with Crippen LogP contribution >= 0.6 is 11.3 Å². The van der Waals surface area contributed by atoms with Crippen LogP contribution < -0.4 is 5.32 Å². The summed E-state index contributed by atoms with van der Waals surface area (Å²) in [6, 6.07) is 2.91. The molecule has 2 rings (SSSR count). The summed E-state index contributed by atoms with van der Waals surface area (Å²) < 4.78 is 26.2. The van der Waals surface area contributed by atoms with Crippen LogP contribution in [0.2, 0.25) is 0 Å². The first kappa shape index (κ1) is 12.6. The van der Waals surface area contributed by atoms with Crippen LogP contribution in [0.5, 0.6) is 0 Å². The van der Waals surface area contributed by atoms with E-state index in [1.807, 2.05) is 12.3 Å². The molecule has 3 nitrogen and oxygen atoms in total. The van der Waals surface area contributed by atoms with E-state index in [0.29, 0.717) is 5.01 Å². The second kappa shape index (κ2) is 5.22. The zero-order chi connectivity index (χ0) is 13.1. The van der Waals surface area contributed by atoms with E-state index in [9.17, 15) is 13.6 Å². The Morgan fingerprint density at radius 1 is 1.44 bits per heavy atom. The first-order valence-corrected chi connectivity index (χ1v) is 6.08. The molecular weight excluding hydrogens is 258 g/mol. The molecule has 0 radical (unpaired) electrons. The molecule has 1 aromatic heterocycles. The van der Waals surface area contributed by atoms with Gasteiger partial charge in [0.2, 0.25) is 5.91 Å². The van der Waals surface area contributed by atoms with E-state index in [1.54, 1.807) is 0 Å². The zero-order valence-electron chi connectivity index (χ0n) is 9.54. The van der Waals surface area contributed by atoms with Gasteiger partial charge in [-0.2, -0.15) is 0 Å². The molecule has 0 aliphatic carbocycles. The number of aryl methyl sites for hydroxylation is 1. The minimum absolute atomic E-state index is 0.0501. The summed E-state index contributed by atoms with van der Waals surface area (Å²) in [5, 5.41) is 4.79. The minimum atomic E-state index is -0.667. The van der Waals surface area contributed by atoms with Crippen LogP contribution in [-0.2, 0) is 11.2 Å². The summed E-state index contributed by atoms with van der Waals surface area (Å²) in [5.41, 5.74) is 0.674. The number of thiazole rings is 1. The number of halogens is 2. The molecular formula is C12H10F2N2OS. The average Bonchev–Trinajstić information content (AvgIpc) is 2.69. The highest BCUT2D eigenvalue weighted by atomic mass is 32.1. The van der Waals surface area contributed by atoms with Crippen molar-refractivity contribution >= 4 is 22.9 Å². The number of aromatic nitrogens is 1. The lowest BCUT2D eigenvalue weighted by molar-refractivity contribution is -0.115. The number of hydrogen-bond acceptors (Lipinski definition) is 3. The van der Waals surface area contributed by atoms with Crippen molar-refractivity contribution in [3.8, 4) is 0 Å². The molecule has 1 amide bonds. The van der Waals surface area contributed by atoms with Crippen molar-refractivity contribution < 1.29 is 13.6 Å². The Morgan fingerprint density at radius 3 is 2.89 bits per heavy atom. The Morgan fingerprint density at radius 2 is 2.22 bits per heavy atom. The van der Waals surface area contributed by atoms with E-state index >= 15 is 0 Å². The highest BCUT2D eigenvalue weighted by Crippen LogP contribution is 2.16. The quantitative estimate of drug-likeness (QED) is 0.930. The summed E-state index contributed by atoms with van der Waals surface area (Å²) in [6.07, 6.45) is 0.0501. The number of carbonyl (C=O) groups is 1. The van der Waals surface area contributed by atoms with Gasteiger partial charge in [0, 0.05) is 17.1 Å². The maximum atomic E-state index is 13.3. The van der Waals surface area contributed by atoms with Crippen molar-refractivity contribution in [1.29, 1.82) is 0 Å². The molecule has 18 heavy (non-hydrogen) atoms. The Bertz CT molecular complexity index is 583. The molecule has 1 aromatic carbocycles. The number of carbonyl (C=O) groups excluding carboxylic acids is 1. The molecule has 94 valence electrons. The number of amides is 1. The fourth-order valence-electron chi connectivity index (χ4n) is 1.41. The van der Waals surface area contributed by atoms with Crippen LogP contribution in [-0.4, -0.2) is 10.9 Å². The van der Waals surface area contributed by atoms with Crippen molar-refractivity contribution in [1.82, 2.24) is 4.98 Å². The zero-order valence-corrected chi connectivity index (χ0v) is 10.4. The Labute approximate surface area is 106 Å². The second-order valence-electron chi connectivity index (χ2n) is 3.73. The Kier molecular flexibility index (Phi) is 3.66. The number of hydrogen-bond donors (Lipinski definition) is 1. The lowest BCUT2D eigenvalue weighted by Gasteiger charge is -2.05. The first-order valence-electron chi connectivity index (χ1n) is 5.20. The average molecular weight is 268 g/mol. The monoisotopic (exact) mass is 268 g/mol. The van der Waals surface area contributed by atoms with Crippen molar-refractivity contribution in [3.05, 3.63) is 45.9 Å². The van der Waals surface area contributed by atoms with Gasteiger partial charge in [0.05, 0.1) is 12.1 Å². The maximum Gasteiger partial charge on any atom is 0.231 e. The predicted molar refractivity (Wildman–Crippen MR) is 65.5 cm³/mol. The van der Waals surface area contributed by atoms with Gasteiger partial charge in [0.15, 0.2) is 0 Å². The molecule has 0 atom stereocenters. The largest absolute Gasteiger partial charge is 0.323 e. The first-order chi connectivity index (χ1) is 8.54. The molecule has 0 aliphatic heterocycles. The molecule has 0 unspecified atom stereocenters. The highest BCUT2D eigenvalue weighted by molar-refractivity contribution is 7.09. The van der Waals surface area contributed by atoms with Crippen LogP contribution in [0.4, 0.5) is 14.5 Å². The summed E-state index contributed by atoms with van der Waals surface area (Å²) in [4.78, 5) is 15.7. The van der Waals surface area contributed by atoms with E-state index in [0.717, 1.165) is 23.9 Å². The van der Waals surface area contributed by atoms with Crippen LogP contribution in [0.1, 0.15) is 10.7 Å². The van der Waals surface area contributed by atoms with Crippen molar-refractivity contribution in [3.63, 3.8) is 0 Å². The van der Waals surface area contributed by atoms with Gasteiger partial charge in [-0.15, -0.1) is 11.3 Å². The van der Waals surface area contributed by atoms with Gasteiger partial charge in [-0.05, 0) is 19.1 Å². The van der Waals surface area contributed by atoms with Gasteiger partial charge in [0.25, 0.3) is 0 Å². The van der Waals surface area contributed by atoms with Crippen molar-refractivity contribution in [2.45, 2.75) is 13.3 Å². The van der Waals surface area contributed by atoms with Crippen LogP contribution in [0.15, 0.2) is 23.6 Å². The number of rotatable bonds is 3. The smallest absolute Gasteiger partial charge is 0.231 e. The van der Waals surface area contributed by atoms with Gasteiger partial charge in [-0.1, -0.05) is 0 Å². The molecule has 6 heteroatoms. The standard InChI is InChI=1S/C12H10F2N2OS/c1-7-6-18-12(15-7)5-11(17)16-10-4-8(13)2-3-9(10)14/h2-4,6H,5H2,1H3,(H,16,17). The van der Waals surface area contributed by atoms with Crippen molar-refractivity contribution in [2.75, 3.05) is 5.32 Å². The summed E-state index contributed by atoms with van der Waals surface area (Å²) >= 11 is 1.36. The molecule has 0 bridgehead atoms. The predicted octanol–water partition coefficient (Wildman–Crippen LogP) is 2.91. The van der Waals surface area contributed by atoms with E-state index in [2.05, 4.69) is 10.3 Å². The highest BCUT2D eigenvalue weighted by Gasteiger charge is 2.10. The SMILES string of the molecule is Cc1csc(CC(=O)Nc2cc(F)ccc2F)n1. The maximum absolute atomic E-state index is 13.3. The van der Waals surface area contributed by atoms with E-state index in [-0.39, 0.29) is 12.1 Å². The third-order valence-electron chi connectivity index (χ3n) is 2.18. The van der Waals surface area contributed by atoms with Crippen LogP contribution in [0, 0.1) is 18.6 Å². The Hall–Kier alpha value is -1.82. The second-order valence-corrected chi connectivity index (χ2v) is 4.67. The number of anilines is 1. The van der Waals surface area contributed by atoms with Crippen LogP contribution in [0.25, 0.3) is 0 Å². The third kappa shape index (κ3) is 3.10. The number of nitrogens with one attached hydrogen (secondary N) is 1. The molecule has 0 saturated heterocycles. The lowest BCUT2D eigenvalue weighted by Crippen LogP contribution is -2.15. The van der Waals surface area contributed by atoms with Gasteiger partial charge in [0.1, 0.15) is 16.6 Å². The van der Waals surface area contributed by atoms with E-state index < -0.39 is 17.5 Å². The number of benzene rings is 1. The number of nitrogens with zero attached hydrogens (tertiary/aromatic N) is 1. The van der Waals surface area contributed by atoms with Crippen molar-refractivity contribution in [2.24, 2.45) is 0 Å². The van der Waals surface area contributed by atoms with Crippen LogP contribution in [0.3, 0.4) is 0 Å². The Balaban J connectivity index is 2.05. The minimum Gasteiger partial charge on any atom is -0.323 e. The van der Waals surface area contributed by atoms with Gasteiger partial charge in [-0.3, -0.25) is 4.79 Å². The third-order valence-corrected chi connectivity index (χ3v) is 3.15. The van der Waals surface area contributed by atoms with Gasteiger partial charge < -0.3 is 5.32 Å². The van der Waals surface area contributed by atoms with Gasteiger partial charge in [-0.25, -0.2) is 13.8 Å². The molecule has 2 aromatic rings. The molecule has 1 N–H and O–H groups in total. The summed E-state index contributed by atoms with van der Waals surface area (Å²) in [6.45, 7) is 1.82. The lowest BCUT2D eigenvalue weighted by atomic mass is 10.3.